The van der Waals surface area contributed by atoms with E-state index in [1.807, 2.05) is 22.1 Å². The highest BCUT2D eigenvalue weighted by molar-refractivity contribution is 7.99. The maximum atomic E-state index is 12.2. The Hall–Kier alpha value is -2.47. The van der Waals surface area contributed by atoms with Crippen molar-refractivity contribution in [3.8, 4) is 10.7 Å². The lowest BCUT2D eigenvalue weighted by molar-refractivity contribution is -0.113. The number of hydrogen-bond donors (Lipinski definition) is 2. The number of carbonyl (C=O) groups is 1. The molecule has 0 saturated carbocycles. The van der Waals surface area contributed by atoms with Crippen LogP contribution in [0.5, 0.6) is 0 Å². The summed E-state index contributed by atoms with van der Waals surface area (Å²) in [6, 6.07) is 9.54. The lowest BCUT2D eigenvalue weighted by Gasteiger charge is -2.08. The van der Waals surface area contributed by atoms with Crippen molar-refractivity contribution in [2.75, 3.05) is 11.1 Å². The number of anilines is 1. The first-order valence-electron chi connectivity index (χ1n) is 8.02. The van der Waals surface area contributed by atoms with Crippen molar-refractivity contribution in [2.45, 2.75) is 16.6 Å². The Balaban J connectivity index is 1.65. The Bertz CT molecular complexity index is 1070. The Labute approximate surface area is 170 Å². The summed E-state index contributed by atoms with van der Waals surface area (Å²) in [7, 11) is -3.76. The number of amides is 1. The van der Waals surface area contributed by atoms with Gasteiger partial charge in [-0.2, -0.15) is 0 Å². The molecule has 0 aliphatic heterocycles. The zero-order valence-electron chi connectivity index (χ0n) is 14.6. The number of primary sulfonamides is 1. The maximum Gasteiger partial charge on any atom is 0.238 e. The van der Waals surface area contributed by atoms with Gasteiger partial charge in [-0.15, -0.1) is 28.1 Å². The van der Waals surface area contributed by atoms with Crippen molar-refractivity contribution < 1.29 is 13.2 Å². The third-order valence-corrected chi connectivity index (χ3v) is 6.33. The molecule has 1 aromatic carbocycles. The Kier molecular flexibility index (Phi) is 6.29. The van der Waals surface area contributed by atoms with Crippen molar-refractivity contribution in [3.05, 3.63) is 54.4 Å². The van der Waals surface area contributed by atoms with Crippen molar-refractivity contribution in [1.82, 2.24) is 14.8 Å². The number of nitrogens with two attached hydrogens (primary N) is 1. The number of nitrogens with zero attached hydrogens (tertiary/aromatic N) is 3. The molecule has 3 aromatic rings. The number of allylic oxidation sites excluding steroid dienone is 1. The molecule has 11 heteroatoms. The SMILES string of the molecule is C=CCn1c(SCC(=O)Nc2ccc(S(N)(=O)=O)cc2)nnc1-c1cccs1. The first-order valence-corrected chi connectivity index (χ1v) is 11.4. The fourth-order valence-corrected chi connectivity index (χ4v) is 4.31. The van der Waals surface area contributed by atoms with Crippen molar-refractivity contribution in [2.24, 2.45) is 5.14 Å². The van der Waals surface area contributed by atoms with E-state index < -0.39 is 10.0 Å². The second-order valence-corrected chi connectivity index (χ2v) is 9.04. The largest absolute Gasteiger partial charge is 0.325 e. The lowest BCUT2D eigenvalue weighted by atomic mass is 10.3. The topological polar surface area (TPSA) is 120 Å². The van der Waals surface area contributed by atoms with Crippen LogP contribution < -0.4 is 10.5 Å². The monoisotopic (exact) mass is 435 g/mol. The molecule has 0 fully saturated rings. The van der Waals surface area contributed by atoms with Gasteiger partial charge in [-0.1, -0.05) is 23.9 Å². The van der Waals surface area contributed by atoms with Gasteiger partial charge >= 0.3 is 0 Å². The predicted octanol–water partition coefficient (Wildman–Crippen LogP) is 2.57. The van der Waals surface area contributed by atoms with Gasteiger partial charge in [0.25, 0.3) is 0 Å². The van der Waals surface area contributed by atoms with E-state index in [2.05, 4.69) is 22.1 Å². The van der Waals surface area contributed by atoms with E-state index in [9.17, 15) is 13.2 Å². The third-order valence-electron chi connectivity index (χ3n) is 3.57. The van der Waals surface area contributed by atoms with E-state index in [1.54, 1.807) is 17.4 Å². The van der Waals surface area contributed by atoms with Gasteiger partial charge in [0, 0.05) is 12.2 Å². The molecule has 2 heterocycles. The molecular weight excluding hydrogens is 418 g/mol. The fourth-order valence-electron chi connectivity index (χ4n) is 2.33. The van der Waals surface area contributed by atoms with Crippen LogP contribution in [-0.4, -0.2) is 34.8 Å². The highest BCUT2D eigenvalue weighted by atomic mass is 32.2. The zero-order valence-corrected chi connectivity index (χ0v) is 17.1. The minimum Gasteiger partial charge on any atom is -0.325 e. The normalized spacial score (nSPS) is 11.3. The molecule has 0 saturated heterocycles. The molecule has 3 rings (SSSR count). The van der Waals surface area contributed by atoms with E-state index in [-0.39, 0.29) is 16.6 Å². The maximum absolute atomic E-state index is 12.2. The van der Waals surface area contributed by atoms with E-state index in [0.717, 1.165) is 10.7 Å². The summed E-state index contributed by atoms with van der Waals surface area (Å²) in [6.07, 6.45) is 1.75. The summed E-state index contributed by atoms with van der Waals surface area (Å²) < 4.78 is 24.4. The first-order chi connectivity index (χ1) is 13.4. The minimum absolute atomic E-state index is 0.0153. The quantitative estimate of drug-likeness (QED) is 0.414. The van der Waals surface area contributed by atoms with Crippen molar-refractivity contribution >= 4 is 44.7 Å². The van der Waals surface area contributed by atoms with Gasteiger partial charge < -0.3 is 5.32 Å². The van der Waals surface area contributed by atoms with Crippen LogP contribution in [0, 0.1) is 0 Å². The number of benzene rings is 1. The summed E-state index contributed by atoms with van der Waals surface area (Å²) >= 11 is 2.82. The molecule has 0 radical (unpaired) electrons. The molecular formula is C17H17N5O3S3. The Morgan fingerprint density at radius 2 is 2.04 bits per heavy atom. The Morgan fingerprint density at radius 3 is 2.64 bits per heavy atom. The van der Waals surface area contributed by atoms with Crippen molar-refractivity contribution in [1.29, 1.82) is 0 Å². The van der Waals surface area contributed by atoms with E-state index >= 15 is 0 Å². The number of carbonyl (C=O) groups excluding carboxylic acids is 1. The van der Waals surface area contributed by atoms with Gasteiger partial charge in [0.2, 0.25) is 15.9 Å². The van der Waals surface area contributed by atoms with Crippen LogP contribution in [0.25, 0.3) is 10.7 Å². The number of nitrogens with one attached hydrogen (secondary N) is 1. The van der Waals surface area contributed by atoms with Gasteiger partial charge in [0.15, 0.2) is 11.0 Å². The number of hydrogen-bond acceptors (Lipinski definition) is 7. The second-order valence-electron chi connectivity index (χ2n) is 5.59. The van der Waals surface area contributed by atoms with Crippen LogP contribution in [-0.2, 0) is 21.4 Å². The molecule has 0 aliphatic carbocycles. The van der Waals surface area contributed by atoms with E-state index in [4.69, 9.17) is 5.14 Å². The number of thioether (sulfide) groups is 1. The standard InChI is InChI=1S/C17H17N5O3S3/c1-2-9-22-16(14-4-3-10-26-14)20-21-17(22)27-11-15(23)19-12-5-7-13(8-6-12)28(18,24)25/h2-8,10H,1,9,11H2,(H,19,23)(H2,18,24,25). The van der Waals surface area contributed by atoms with Gasteiger partial charge in [-0.25, -0.2) is 13.6 Å². The van der Waals surface area contributed by atoms with Gasteiger partial charge in [-0.3, -0.25) is 9.36 Å². The highest BCUT2D eigenvalue weighted by Gasteiger charge is 2.16. The first kappa shape index (κ1) is 20.3. The van der Waals surface area contributed by atoms with Crippen LogP contribution in [0.15, 0.2) is 64.5 Å². The molecule has 1 amide bonds. The summed E-state index contributed by atoms with van der Waals surface area (Å²) in [5, 5.41) is 18.7. The highest BCUT2D eigenvalue weighted by Crippen LogP contribution is 2.27. The summed E-state index contributed by atoms with van der Waals surface area (Å²) in [5.74, 6) is 0.604. The van der Waals surface area contributed by atoms with Crippen molar-refractivity contribution in [3.63, 3.8) is 0 Å². The molecule has 8 nitrogen and oxygen atoms in total. The number of thiophene rings is 1. The third kappa shape index (κ3) is 4.87. The number of aromatic nitrogens is 3. The van der Waals surface area contributed by atoms with Crippen LogP contribution in [0.4, 0.5) is 5.69 Å². The average Bonchev–Trinajstić information content (AvgIpc) is 3.30. The van der Waals surface area contributed by atoms with Gasteiger partial charge in [0.05, 0.1) is 15.5 Å². The van der Waals surface area contributed by atoms with Gasteiger partial charge in [-0.05, 0) is 35.7 Å². The van der Waals surface area contributed by atoms with Crippen LogP contribution in [0.3, 0.4) is 0 Å². The van der Waals surface area contributed by atoms with E-state index in [0.29, 0.717) is 17.4 Å². The van der Waals surface area contributed by atoms with Gasteiger partial charge in [0.1, 0.15) is 0 Å². The second kappa shape index (κ2) is 8.69. The molecule has 146 valence electrons. The molecule has 2 aromatic heterocycles. The molecule has 3 N–H and O–H groups in total. The molecule has 0 spiro atoms. The summed E-state index contributed by atoms with van der Waals surface area (Å²) in [4.78, 5) is 13.2. The molecule has 0 bridgehead atoms. The van der Waals surface area contributed by atoms with Crippen LogP contribution in [0.1, 0.15) is 0 Å². The average molecular weight is 436 g/mol. The predicted molar refractivity (Wildman–Crippen MR) is 111 cm³/mol. The fraction of sp³-hybridized carbons (Fsp3) is 0.118. The minimum atomic E-state index is -3.76. The van der Waals surface area contributed by atoms with Crippen LogP contribution in [0.2, 0.25) is 0 Å². The summed E-state index contributed by atoms with van der Waals surface area (Å²) in [6.45, 7) is 4.29. The molecule has 0 aliphatic rings. The number of sulfonamides is 1. The zero-order chi connectivity index (χ0) is 20.1. The molecule has 0 atom stereocenters. The molecule has 0 unspecified atom stereocenters. The Morgan fingerprint density at radius 1 is 1.29 bits per heavy atom. The number of rotatable bonds is 8. The molecule has 28 heavy (non-hydrogen) atoms. The summed E-state index contributed by atoms with van der Waals surface area (Å²) in [5.41, 5.74) is 0.477. The van der Waals surface area contributed by atoms with Crippen LogP contribution >= 0.6 is 23.1 Å². The lowest BCUT2D eigenvalue weighted by Crippen LogP contribution is -2.15. The van der Waals surface area contributed by atoms with E-state index in [1.165, 1.54) is 36.0 Å². The smallest absolute Gasteiger partial charge is 0.238 e.